The second kappa shape index (κ2) is 10.2. The first-order valence-corrected chi connectivity index (χ1v) is 12.0. The number of nitrogens with one attached hydrogen (secondary N) is 2. The number of ether oxygens (including phenoxy) is 1. The van der Waals surface area contributed by atoms with E-state index in [4.69, 9.17) is 16.3 Å². The van der Waals surface area contributed by atoms with Crippen LogP contribution in [-0.4, -0.2) is 20.4 Å². The fraction of sp³-hybridized carbons (Fsp3) is 0.136. The zero-order valence-corrected chi connectivity index (χ0v) is 19.7. The molecule has 0 radical (unpaired) electrons. The normalized spacial score (nSPS) is 12.1. The third-order valence-corrected chi connectivity index (χ3v) is 6.43. The van der Waals surface area contributed by atoms with Gasteiger partial charge < -0.3 is 10.1 Å². The summed E-state index contributed by atoms with van der Waals surface area (Å²) in [5, 5.41) is 3.26. The molecule has 0 saturated heterocycles. The van der Waals surface area contributed by atoms with Gasteiger partial charge in [-0.3, -0.25) is 9.52 Å². The van der Waals surface area contributed by atoms with Crippen LogP contribution < -0.4 is 14.8 Å². The average molecular weight is 524 g/mol. The number of rotatable bonds is 8. The van der Waals surface area contributed by atoms with E-state index in [-0.39, 0.29) is 10.8 Å². The Morgan fingerprint density at radius 2 is 1.68 bits per heavy atom. The number of amides is 1. The van der Waals surface area contributed by atoms with E-state index in [2.05, 4.69) is 26.0 Å². The molecule has 0 heterocycles. The number of halogens is 2. The van der Waals surface area contributed by atoms with Crippen LogP contribution in [0.1, 0.15) is 13.3 Å². The molecule has 0 bridgehead atoms. The first-order chi connectivity index (χ1) is 14.8. The molecular formula is C22H20BrClN2O4S. The highest BCUT2D eigenvalue weighted by molar-refractivity contribution is 9.10. The predicted molar refractivity (Wildman–Crippen MR) is 126 cm³/mol. The van der Waals surface area contributed by atoms with Crippen LogP contribution in [0.3, 0.4) is 0 Å². The molecule has 1 amide bonds. The van der Waals surface area contributed by atoms with Crippen molar-refractivity contribution in [2.45, 2.75) is 24.3 Å². The number of hydrogen-bond acceptors (Lipinski definition) is 4. The van der Waals surface area contributed by atoms with Gasteiger partial charge in [-0.25, -0.2) is 8.42 Å². The molecular weight excluding hydrogens is 504 g/mol. The lowest BCUT2D eigenvalue weighted by molar-refractivity contribution is -0.122. The van der Waals surface area contributed by atoms with Gasteiger partial charge in [-0.05, 0) is 73.2 Å². The Morgan fingerprint density at radius 1 is 1.03 bits per heavy atom. The summed E-state index contributed by atoms with van der Waals surface area (Å²) in [6.07, 6.45) is -0.275. The van der Waals surface area contributed by atoms with E-state index in [1.54, 1.807) is 48.5 Å². The molecule has 3 aromatic rings. The number of sulfonamides is 1. The van der Waals surface area contributed by atoms with Gasteiger partial charge in [0.25, 0.3) is 15.9 Å². The van der Waals surface area contributed by atoms with E-state index < -0.39 is 16.1 Å². The Labute approximate surface area is 194 Å². The van der Waals surface area contributed by atoms with E-state index in [0.717, 1.165) is 4.47 Å². The molecule has 6 nitrogen and oxygen atoms in total. The van der Waals surface area contributed by atoms with Gasteiger partial charge in [0.05, 0.1) is 4.90 Å². The van der Waals surface area contributed by atoms with Gasteiger partial charge in [0.15, 0.2) is 6.10 Å². The smallest absolute Gasteiger partial charge is 0.265 e. The average Bonchev–Trinajstić information content (AvgIpc) is 2.74. The molecule has 0 aromatic heterocycles. The van der Waals surface area contributed by atoms with Gasteiger partial charge in [-0.2, -0.15) is 0 Å². The monoisotopic (exact) mass is 522 g/mol. The molecule has 2 N–H and O–H groups in total. The highest BCUT2D eigenvalue weighted by atomic mass is 79.9. The summed E-state index contributed by atoms with van der Waals surface area (Å²) in [4.78, 5) is 12.7. The minimum Gasteiger partial charge on any atom is -0.481 e. The van der Waals surface area contributed by atoms with Crippen molar-refractivity contribution in [2.75, 3.05) is 10.0 Å². The van der Waals surface area contributed by atoms with Crippen molar-refractivity contribution in [1.82, 2.24) is 0 Å². The fourth-order valence-electron chi connectivity index (χ4n) is 2.70. The van der Waals surface area contributed by atoms with Gasteiger partial charge in [-0.15, -0.1) is 0 Å². The minimum absolute atomic E-state index is 0.0793. The van der Waals surface area contributed by atoms with Crippen LogP contribution in [0.15, 0.2) is 82.2 Å². The van der Waals surface area contributed by atoms with E-state index in [1.165, 1.54) is 24.3 Å². The topological polar surface area (TPSA) is 84.5 Å². The van der Waals surface area contributed by atoms with Crippen LogP contribution >= 0.6 is 27.5 Å². The zero-order chi connectivity index (χ0) is 22.4. The summed E-state index contributed by atoms with van der Waals surface area (Å²) in [6.45, 7) is 1.83. The Kier molecular flexibility index (Phi) is 7.59. The maximum absolute atomic E-state index is 12.6. The van der Waals surface area contributed by atoms with Crippen LogP contribution in [0.25, 0.3) is 0 Å². The standard InChI is InChI=1S/C22H20BrClN2O4S/c1-2-21(30-19-5-3-4-16(24)14-19)22(27)25-17-10-12-20(13-11-17)31(28,29)26-18-8-6-15(23)7-9-18/h3-14,21,26H,2H2,1H3,(H,25,27)/t21-/m1/s1. The maximum Gasteiger partial charge on any atom is 0.265 e. The Bertz CT molecular complexity index is 1150. The largest absolute Gasteiger partial charge is 0.481 e. The molecule has 0 aliphatic rings. The number of anilines is 2. The van der Waals surface area contributed by atoms with Gasteiger partial charge in [0.2, 0.25) is 0 Å². The number of carbonyl (C=O) groups is 1. The third kappa shape index (κ3) is 6.46. The highest BCUT2D eigenvalue weighted by Crippen LogP contribution is 2.22. The third-order valence-electron chi connectivity index (χ3n) is 4.27. The molecule has 0 aliphatic carbocycles. The highest BCUT2D eigenvalue weighted by Gasteiger charge is 2.19. The van der Waals surface area contributed by atoms with Crippen LogP contribution in [0, 0.1) is 0 Å². The predicted octanol–water partition coefficient (Wildman–Crippen LogP) is 5.70. The second-order valence-electron chi connectivity index (χ2n) is 6.60. The molecule has 1 atom stereocenters. The molecule has 0 spiro atoms. The van der Waals surface area contributed by atoms with Crippen molar-refractivity contribution in [2.24, 2.45) is 0 Å². The molecule has 0 aliphatic heterocycles. The van der Waals surface area contributed by atoms with E-state index >= 15 is 0 Å². The molecule has 0 unspecified atom stereocenters. The lowest BCUT2D eigenvalue weighted by Crippen LogP contribution is -2.32. The van der Waals surface area contributed by atoms with Gasteiger partial charge >= 0.3 is 0 Å². The van der Waals surface area contributed by atoms with Crippen LogP contribution in [-0.2, 0) is 14.8 Å². The first-order valence-electron chi connectivity index (χ1n) is 9.38. The van der Waals surface area contributed by atoms with E-state index in [1.807, 2.05) is 6.92 Å². The van der Waals surface area contributed by atoms with Crippen LogP contribution in [0.5, 0.6) is 5.75 Å². The Hall–Kier alpha value is -2.55. The van der Waals surface area contributed by atoms with E-state index in [9.17, 15) is 13.2 Å². The minimum atomic E-state index is -3.75. The van der Waals surface area contributed by atoms with E-state index in [0.29, 0.717) is 28.6 Å². The lowest BCUT2D eigenvalue weighted by Gasteiger charge is -2.17. The zero-order valence-electron chi connectivity index (χ0n) is 16.5. The molecule has 3 aromatic carbocycles. The van der Waals surface area contributed by atoms with Crippen molar-refractivity contribution >= 4 is 54.8 Å². The number of carbonyl (C=O) groups excluding carboxylic acids is 1. The summed E-state index contributed by atoms with van der Waals surface area (Å²) >= 11 is 9.26. The first kappa shape index (κ1) is 23.1. The molecule has 0 fully saturated rings. The second-order valence-corrected chi connectivity index (χ2v) is 9.63. The van der Waals surface area contributed by atoms with Gasteiger partial charge in [0, 0.05) is 20.9 Å². The molecule has 31 heavy (non-hydrogen) atoms. The summed E-state index contributed by atoms with van der Waals surface area (Å²) in [7, 11) is -3.75. The maximum atomic E-state index is 12.6. The summed E-state index contributed by atoms with van der Waals surface area (Å²) in [5.41, 5.74) is 0.908. The van der Waals surface area contributed by atoms with Crippen molar-refractivity contribution in [3.8, 4) is 5.75 Å². The van der Waals surface area contributed by atoms with Crippen molar-refractivity contribution in [3.63, 3.8) is 0 Å². The Morgan fingerprint density at radius 3 is 2.29 bits per heavy atom. The van der Waals surface area contributed by atoms with Crippen molar-refractivity contribution in [3.05, 3.63) is 82.3 Å². The fourth-order valence-corrected chi connectivity index (χ4v) is 4.20. The van der Waals surface area contributed by atoms with Crippen LogP contribution in [0.2, 0.25) is 5.02 Å². The summed E-state index contributed by atoms with van der Waals surface area (Å²) in [6, 6.07) is 19.5. The summed E-state index contributed by atoms with van der Waals surface area (Å²) < 4.78 is 34.2. The van der Waals surface area contributed by atoms with Crippen molar-refractivity contribution in [1.29, 1.82) is 0 Å². The molecule has 0 saturated carbocycles. The van der Waals surface area contributed by atoms with Gasteiger partial charge in [0.1, 0.15) is 5.75 Å². The molecule has 3 rings (SSSR count). The molecule has 9 heteroatoms. The SMILES string of the molecule is CC[C@@H](Oc1cccc(Cl)c1)C(=O)Nc1ccc(S(=O)(=O)Nc2ccc(Br)cc2)cc1. The molecule has 162 valence electrons. The van der Waals surface area contributed by atoms with Crippen molar-refractivity contribution < 1.29 is 17.9 Å². The van der Waals surface area contributed by atoms with Gasteiger partial charge in [-0.1, -0.05) is 40.5 Å². The summed E-state index contributed by atoms with van der Waals surface area (Å²) in [5.74, 6) is 0.154. The lowest BCUT2D eigenvalue weighted by atomic mass is 10.2. The quantitative estimate of drug-likeness (QED) is 0.397. The Balaban J connectivity index is 1.66. The number of benzene rings is 3. The number of hydrogen-bond donors (Lipinski definition) is 2. The van der Waals surface area contributed by atoms with Crippen LogP contribution in [0.4, 0.5) is 11.4 Å².